The van der Waals surface area contributed by atoms with E-state index in [4.69, 9.17) is 4.74 Å². The first-order chi connectivity index (χ1) is 11.8. The van der Waals surface area contributed by atoms with Crippen molar-refractivity contribution in [1.29, 1.82) is 0 Å². The lowest BCUT2D eigenvalue weighted by molar-refractivity contribution is 0.104. The summed E-state index contributed by atoms with van der Waals surface area (Å²) in [6, 6.07) is 4.00. The van der Waals surface area contributed by atoms with Gasteiger partial charge in [0.15, 0.2) is 5.78 Å². The van der Waals surface area contributed by atoms with Crippen molar-refractivity contribution in [2.45, 2.75) is 40.5 Å². The lowest BCUT2D eigenvalue weighted by Gasteiger charge is -2.17. The van der Waals surface area contributed by atoms with Gasteiger partial charge in [0.25, 0.3) is 0 Å². The van der Waals surface area contributed by atoms with Crippen molar-refractivity contribution in [2.24, 2.45) is 5.41 Å². The quantitative estimate of drug-likeness (QED) is 0.486. The highest BCUT2D eigenvalue weighted by Crippen LogP contribution is 2.45. The maximum Gasteiger partial charge on any atom is 0.192 e. The van der Waals surface area contributed by atoms with Crippen LogP contribution in [0.25, 0.3) is 0 Å². The van der Waals surface area contributed by atoms with E-state index >= 15 is 0 Å². The van der Waals surface area contributed by atoms with Crippen molar-refractivity contribution in [3.05, 3.63) is 51.8 Å². The average Bonchev–Trinajstić information content (AvgIpc) is 2.95. The van der Waals surface area contributed by atoms with E-state index in [1.807, 2.05) is 0 Å². The molecule has 0 N–H and O–H groups in total. The number of nitrogens with zero attached hydrogens (tertiary/aromatic N) is 1. The van der Waals surface area contributed by atoms with Crippen LogP contribution < -0.4 is 4.74 Å². The van der Waals surface area contributed by atoms with Crippen molar-refractivity contribution in [3.8, 4) is 5.75 Å². The minimum absolute atomic E-state index is 0.0182. The smallest absolute Gasteiger partial charge is 0.192 e. The Morgan fingerprint density at radius 2 is 2.08 bits per heavy atom. The van der Waals surface area contributed by atoms with Crippen molar-refractivity contribution in [2.75, 3.05) is 13.7 Å². The molecule has 25 heavy (non-hydrogen) atoms. The molecule has 2 rings (SSSR count). The standard InChI is InChI=1S/C20H26FNO2S/c1-6-7-10-22-13-18(20(2,3)4)25-19(22)12-16(23)15-11-14(21)8-9-17(15)24-5/h8-9,11-13H,6-7,10H2,1-5H3. The number of ether oxygens (including phenoxy) is 1. The summed E-state index contributed by atoms with van der Waals surface area (Å²) >= 11 is 1.61. The molecule has 0 saturated carbocycles. The van der Waals surface area contributed by atoms with E-state index in [1.54, 1.807) is 17.8 Å². The van der Waals surface area contributed by atoms with Gasteiger partial charge >= 0.3 is 0 Å². The summed E-state index contributed by atoms with van der Waals surface area (Å²) in [5, 5.41) is 0.884. The number of thioether (sulfide) groups is 1. The fraction of sp³-hybridized carbons (Fsp3) is 0.450. The van der Waals surface area contributed by atoms with Crippen LogP contribution in [-0.4, -0.2) is 24.3 Å². The third-order valence-electron chi connectivity index (χ3n) is 3.94. The van der Waals surface area contributed by atoms with Crippen LogP contribution in [0, 0.1) is 11.2 Å². The summed E-state index contributed by atoms with van der Waals surface area (Å²) in [6.07, 6.45) is 5.84. The van der Waals surface area contributed by atoms with E-state index in [1.165, 1.54) is 30.2 Å². The Hall–Kier alpha value is -1.75. The van der Waals surface area contributed by atoms with Crippen LogP contribution in [0.1, 0.15) is 50.9 Å². The first-order valence-corrected chi connectivity index (χ1v) is 9.34. The molecule has 0 radical (unpaired) electrons. The van der Waals surface area contributed by atoms with Crippen molar-refractivity contribution < 1.29 is 13.9 Å². The molecule has 1 aromatic rings. The highest BCUT2D eigenvalue weighted by molar-refractivity contribution is 8.07. The van der Waals surface area contributed by atoms with Crippen molar-refractivity contribution in [1.82, 2.24) is 4.90 Å². The highest BCUT2D eigenvalue weighted by Gasteiger charge is 2.28. The maximum absolute atomic E-state index is 13.6. The molecule has 0 spiro atoms. The number of rotatable bonds is 6. The molecule has 1 aliphatic heterocycles. The van der Waals surface area contributed by atoms with Crippen LogP contribution in [-0.2, 0) is 0 Å². The summed E-state index contributed by atoms with van der Waals surface area (Å²) in [6.45, 7) is 9.48. The number of hydrogen-bond acceptors (Lipinski definition) is 4. The van der Waals surface area contributed by atoms with Crippen LogP contribution >= 0.6 is 11.8 Å². The molecule has 0 amide bonds. The monoisotopic (exact) mass is 363 g/mol. The Kier molecular flexibility index (Phi) is 6.33. The fourth-order valence-corrected chi connectivity index (χ4v) is 3.57. The van der Waals surface area contributed by atoms with Crippen LogP contribution in [0.2, 0.25) is 0 Å². The topological polar surface area (TPSA) is 29.5 Å². The first-order valence-electron chi connectivity index (χ1n) is 8.52. The molecule has 0 unspecified atom stereocenters. The van der Waals surface area contributed by atoms with Crippen LogP contribution in [0.15, 0.2) is 40.4 Å². The van der Waals surface area contributed by atoms with E-state index in [-0.39, 0.29) is 16.8 Å². The van der Waals surface area contributed by atoms with E-state index in [0.717, 1.165) is 24.4 Å². The molecule has 0 saturated heterocycles. The van der Waals surface area contributed by atoms with E-state index in [9.17, 15) is 9.18 Å². The first kappa shape index (κ1) is 19.6. The number of benzene rings is 1. The Bertz CT molecular complexity index is 704. The number of halogens is 1. The van der Waals surface area contributed by atoms with Crippen LogP contribution in [0.5, 0.6) is 5.75 Å². The Labute approximate surface area is 153 Å². The second-order valence-corrected chi connectivity index (χ2v) is 8.15. The van der Waals surface area contributed by atoms with Gasteiger partial charge < -0.3 is 9.64 Å². The van der Waals surface area contributed by atoms with Gasteiger partial charge in [0.05, 0.1) is 17.7 Å². The van der Waals surface area contributed by atoms with Gasteiger partial charge in [-0.3, -0.25) is 4.79 Å². The second-order valence-electron chi connectivity index (χ2n) is 7.08. The number of carbonyl (C=O) groups is 1. The third-order valence-corrected chi connectivity index (χ3v) is 5.44. The molecule has 3 nitrogen and oxygen atoms in total. The molecular weight excluding hydrogens is 337 g/mol. The lowest BCUT2D eigenvalue weighted by atomic mass is 9.96. The molecule has 0 atom stereocenters. The summed E-state index contributed by atoms with van der Waals surface area (Å²) < 4.78 is 18.8. The molecule has 136 valence electrons. The molecule has 1 aromatic carbocycles. The normalized spacial score (nSPS) is 16.3. The largest absolute Gasteiger partial charge is 0.496 e. The summed E-state index contributed by atoms with van der Waals surface area (Å²) in [5.74, 6) is -0.308. The molecule has 0 fully saturated rings. The fourth-order valence-electron chi connectivity index (χ4n) is 2.43. The summed E-state index contributed by atoms with van der Waals surface area (Å²) in [4.78, 5) is 16.1. The molecule has 1 heterocycles. The number of hydrogen-bond donors (Lipinski definition) is 0. The SMILES string of the molecule is CCCCN1C=C(C(C)(C)C)SC1=CC(=O)c1cc(F)ccc1OC. The average molecular weight is 363 g/mol. The highest BCUT2D eigenvalue weighted by atomic mass is 32.2. The van der Waals surface area contributed by atoms with E-state index in [2.05, 4.69) is 38.8 Å². The molecule has 0 bridgehead atoms. The van der Waals surface area contributed by atoms with Gasteiger partial charge in [-0.05, 0) is 30.0 Å². The molecular formula is C20H26FNO2S. The number of methoxy groups -OCH3 is 1. The summed E-state index contributed by atoms with van der Waals surface area (Å²) in [5.41, 5.74) is 0.264. The van der Waals surface area contributed by atoms with Gasteiger partial charge in [-0.1, -0.05) is 45.9 Å². The predicted octanol–water partition coefficient (Wildman–Crippen LogP) is 5.59. The minimum atomic E-state index is -0.446. The van der Waals surface area contributed by atoms with Gasteiger partial charge in [0.1, 0.15) is 11.6 Å². The van der Waals surface area contributed by atoms with E-state index < -0.39 is 5.82 Å². The van der Waals surface area contributed by atoms with Crippen LogP contribution in [0.4, 0.5) is 4.39 Å². The number of unbranched alkanes of at least 4 members (excludes halogenated alkanes) is 1. The number of carbonyl (C=O) groups excluding carboxylic acids is 1. The molecule has 1 aliphatic rings. The molecule has 0 aliphatic carbocycles. The Morgan fingerprint density at radius 1 is 1.36 bits per heavy atom. The van der Waals surface area contributed by atoms with Gasteiger partial charge in [-0.15, -0.1) is 0 Å². The van der Waals surface area contributed by atoms with Gasteiger partial charge in [-0.2, -0.15) is 0 Å². The maximum atomic E-state index is 13.6. The molecule has 0 aromatic heterocycles. The lowest BCUT2D eigenvalue weighted by Crippen LogP contribution is -2.14. The van der Waals surface area contributed by atoms with Crippen molar-refractivity contribution >= 4 is 17.5 Å². The number of ketones is 1. The van der Waals surface area contributed by atoms with Gasteiger partial charge in [-0.25, -0.2) is 4.39 Å². The molecule has 5 heteroatoms. The van der Waals surface area contributed by atoms with Crippen molar-refractivity contribution in [3.63, 3.8) is 0 Å². The zero-order chi connectivity index (χ0) is 18.6. The van der Waals surface area contributed by atoms with E-state index in [0.29, 0.717) is 5.75 Å². The zero-order valence-corrected chi connectivity index (χ0v) is 16.4. The van der Waals surface area contributed by atoms with Gasteiger partial charge in [0, 0.05) is 23.7 Å². The van der Waals surface area contributed by atoms with Crippen LogP contribution in [0.3, 0.4) is 0 Å². The second kappa shape index (κ2) is 8.09. The Morgan fingerprint density at radius 3 is 2.68 bits per heavy atom. The third kappa shape index (κ3) is 4.88. The minimum Gasteiger partial charge on any atom is -0.496 e. The zero-order valence-electron chi connectivity index (χ0n) is 15.6. The summed E-state index contributed by atoms with van der Waals surface area (Å²) in [7, 11) is 1.48. The Balaban J connectivity index is 2.32. The van der Waals surface area contributed by atoms with Gasteiger partial charge in [0.2, 0.25) is 0 Å². The number of allylic oxidation sites excluding steroid dienone is 2. The predicted molar refractivity (Wildman–Crippen MR) is 102 cm³/mol.